The Morgan fingerprint density at radius 3 is 2.77 bits per heavy atom. The van der Waals surface area contributed by atoms with Crippen molar-refractivity contribution >= 4 is 11.9 Å². The second-order valence-electron chi connectivity index (χ2n) is 5.84. The highest BCUT2D eigenvalue weighted by molar-refractivity contribution is 5.98. The summed E-state index contributed by atoms with van der Waals surface area (Å²) < 4.78 is 12.0. The van der Waals surface area contributed by atoms with Crippen LogP contribution in [0.1, 0.15) is 51.5 Å². The quantitative estimate of drug-likeness (QED) is 0.800. The number of hydrogen-bond acceptors (Lipinski definition) is 6. The van der Waals surface area contributed by atoms with Crippen LogP contribution in [0, 0.1) is 0 Å². The molecule has 1 amide bonds. The van der Waals surface area contributed by atoms with Gasteiger partial charge in [-0.25, -0.2) is 14.8 Å². The summed E-state index contributed by atoms with van der Waals surface area (Å²) >= 11 is 0. The van der Waals surface area contributed by atoms with E-state index in [-0.39, 0.29) is 30.1 Å². The molecule has 1 aliphatic heterocycles. The number of fused-ring (bicyclic) bond motifs is 1. The zero-order valence-electron chi connectivity index (χ0n) is 14.6. The van der Waals surface area contributed by atoms with Gasteiger partial charge in [0.25, 0.3) is 5.91 Å². The lowest BCUT2D eigenvalue weighted by Gasteiger charge is -2.21. The van der Waals surface area contributed by atoms with E-state index in [0.29, 0.717) is 31.0 Å². The zero-order valence-corrected chi connectivity index (χ0v) is 14.6. The van der Waals surface area contributed by atoms with Gasteiger partial charge in [0.1, 0.15) is 5.69 Å². The Morgan fingerprint density at radius 2 is 2.15 bits per heavy atom. The Kier molecular flexibility index (Phi) is 5.17. The van der Waals surface area contributed by atoms with Crippen molar-refractivity contribution in [1.82, 2.24) is 19.9 Å². The molecule has 2 N–H and O–H groups in total. The fraction of sp³-hybridized carbons (Fsp3) is 0.412. The van der Waals surface area contributed by atoms with Crippen molar-refractivity contribution in [2.75, 3.05) is 13.7 Å². The number of rotatable bonds is 6. The van der Waals surface area contributed by atoms with Gasteiger partial charge in [0, 0.05) is 24.5 Å². The molecule has 3 heterocycles. The number of nitrogens with zero attached hydrogens (tertiary/aromatic N) is 3. The molecule has 9 nitrogen and oxygen atoms in total. The number of nitrogens with one attached hydrogen (secondary N) is 1. The molecule has 0 aliphatic carbocycles. The van der Waals surface area contributed by atoms with E-state index in [9.17, 15) is 14.7 Å². The number of aromatic nitrogens is 3. The third-order valence-electron chi connectivity index (χ3n) is 4.32. The summed E-state index contributed by atoms with van der Waals surface area (Å²) in [6, 6.07) is 1.35. The first-order valence-electron chi connectivity index (χ1n) is 8.25. The zero-order chi connectivity index (χ0) is 18.7. The molecule has 3 rings (SSSR count). The van der Waals surface area contributed by atoms with Gasteiger partial charge < -0.3 is 24.5 Å². The normalized spacial score (nSPS) is 14.4. The van der Waals surface area contributed by atoms with E-state index in [0.717, 1.165) is 5.56 Å². The first kappa shape index (κ1) is 17.9. The van der Waals surface area contributed by atoms with Crippen molar-refractivity contribution in [3.8, 4) is 6.01 Å². The van der Waals surface area contributed by atoms with E-state index in [1.54, 1.807) is 17.0 Å². The predicted octanol–water partition coefficient (Wildman–Crippen LogP) is 1.40. The average Bonchev–Trinajstić information content (AvgIpc) is 3.06. The van der Waals surface area contributed by atoms with Gasteiger partial charge in [-0.05, 0) is 12.5 Å². The summed E-state index contributed by atoms with van der Waals surface area (Å²) in [5.41, 5.74) is 1.66. The number of amides is 1. The molecule has 0 fully saturated rings. The molecule has 138 valence electrons. The van der Waals surface area contributed by atoms with Crippen LogP contribution in [0.15, 0.2) is 18.5 Å². The summed E-state index contributed by atoms with van der Waals surface area (Å²) in [6.07, 6.45) is 3.83. The van der Waals surface area contributed by atoms with E-state index in [2.05, 4.69) is 15.3 Å². The Hall–Kier alpha value is -2.94. The first-order chi connectivity index (χ1) is 12.5. The van der Waals surface area contributed by atoms with Crippen molar-refractivity contribution in [2.45, 2.75) is 32.5 Å². The Morgan fingerprint density at radius 1 is 1.42 bits per heavy atom. The van der Waals surface area contributed by atoms with Crippen LogP contribution in [0.4, 0.5) is 0 Å². The molecule has 0 spiro atoms. The van der Waals surface area contributed by atoms with Gasteiger partial charge in [-0.2, -0.15) is 0 Å². The van der Waals surface area contributed by atoms with Crippen LogP contribution in [-0.2, 0) is 17.9 Å². The number of methoxy groups -OCH3 is 1. The molecule has 0 radical (unpaired) electrons. The molecule has 2 aromatic heterocycles. The number of carbonyl (C=O) groups is 2. The lowest BCUT2D eigenvalue weighted by atomic mass is 10.1. The predicted molar refractivity (Wildman–Crippen MR) is 90.1 cm³/mol. The maximum Gasteiger partial charge on any atom is 0.337 e. The topological polar surface area (TPSA) is 116 Å². The summed E-state index contributed by atoms with van der Waals surface area (Å²) in [5.74, 6) is -1.42. The Bertz CT molecular complexity index is 815. The van der Waals surface area contributed by atoms with Crippen LogP contribution in [0.2, 0.25) is 0 Å². The van der Waals surface area contributed by atoms with Crippen molar-refractivity contribution in [3.63, 3.8) is 0 Å². The second-order valence-corrected chi connectivity index (χ2v) is 5.84. The number of carbonyl (C=O) groups excluding carboxylic acids is 1. The van der Waals surface area contributed by atoms with Gasteiger partial charge in [0.05, 0.1) is 37.6 Å². The molecule has 0 unspecified atom stereocenters. The average molecular weight is 360 g/mol. The lowest BCUT2D eigenvalue weighted by Crippen LogP contribution is -2.31. The molecule has 2 aromatic rings. The Balaban J connectivity index is 1.85. The monoisotopic (exact) mass is 360 g/mol. The smallest absolute Gasteiger partial charge is 0.337 e. The van der Waals surface area contributed by atoms with E-state index < -0.39 is 5.97 Å². The van der Waals surface area contributed by atoms with Crippen molar-refractivity contribution in [3.05, 3.63) is 41.0 Å². The third kappa shape index (κ3) is 3.38. The van der Waals surface area contributed by atoms with E-state index in [1.807, 2.05) is 6.92 Å². The minimum atomic E-state index is -1.08. The molecule has 26 heavy (non-hydrogen) atoms. The van der Waals surface area contributed by atoms with Gasteiger partial charge in [-0.15, -0.1) is 0 Å². The fourth-order valence-corrected chi connectivity index (χ4v) is 2.96. The minimum absolute atomic E-state index is 0.0932. The number of carboxylic acid groups (broad SMARTS) is 1. The third-order valence-corrected chi connectivity index (χ3v) is 4.32. The highest BCUT2D eigenvalue weighted by Crippen LogP contribution is 2.23. The van der Waals surface area contributed by atoms with Crippen LogP contribution in [0.5, 0.6) is 6.01 Å². The van der Waals surface area contributed by atoms with Crippen molar-refractivity contribution < 1.29 is 24.2 Å². The SMILES string of the molecule is CC[C@H](NC(=O)c1cc(C(=O)O)c2n1CCOC2)c1cnc(OC)nc1. The van der Waals surface area contributed by atoms with Gasteiger partial charge in [-0.3, -0.25) is 4.79 Å². The molecule has 0 saturated carbocycles. The summed E-state index contributed by atoms with van der Waals surface area (Å²) in [6.45, 7) is 2.98. The van der Waals surface area contributed by atoms with Crippen LogP contribution in [0.3, 0.4) is 0 Å². The Labute approximate surface area is 150 Å². The summed E-state index contributed by atoms with van der Waals surface area (Å²) in [4.78, 5) is 32.3. The van der Waals surface area contributed by atoms with Crippen molar-refractivity contribution in [2.24, 2.45) is 0 Å². The molecule has 1 aliphatic rings. The summed E-state index contributed by atoms with van der Waals surface area (Å²) in [5, 5.41) is 12.3. The number of carboxylic acids is 1. The molecule has 0 saturated heterocycles. The molecule has 0 aromatic carbocycles. The minimum Gasteiger partial charge on any atom is -0.478 e. The maximum absolute atomic E-state index is 12.8. The van der Waals surface area contributed by atoms with Crippen LogP contribution in [0.25, 0.3) is 0 Å². The maximum atomic E-state index is 12.8. The highest BCUT2D eigenvalue weighted by Gasteiger charge is 2.27. The molecule has 0 bridgehead atoms. The highest BCUT2D eigenvalue weighted by atomic mass is 16.5. The molecule has 9 heteroatoms. The molecular formula is C17H20N4O5. The number of hydrogen-bond donors (Lipinski definition) is 2. The summed E-state index contributed by atoms with van der Waals surface area (Å²) in [7, 11) is 1.48. The first-order valence-corrected chi connectivity index (χ1v) is 8.25. The van der Waals surface area contributed by atoms with Crippen LogP contribution < -0.4 is 10.1 Å². The van der Waals surface area contributed by atoms with Crippen molar-refractivity contribution in [1.29, 1.82) is 0 Å². The van der Waals surface area contributed by atoms with Gasteiger partial charge in [0.2, 0.25) is 0 Å². The van der Waals surface area contributed by atoms with E-state index in [4.69, 9.17) is 9.47 Å². The molecular weight excluding hydrogens is 340 g/mol. The second kappa shape index (κ2) is 7.52. The van der Waals surface area contributed by atoms with Crippen LogP contribution in [-0.4, -0.2) is 45.2 Å². The van der Waals surface area contributed by atoms with Crippen LogP contribution >= 0.6 is 0 Å². The van der Waals surface area contributed by atoms with E-state index >= 15 is 0 Å². The standard InChI is InChI=1S/C17H20N4O5/c1-3-12(10-7-18-17(25-2)19-8-10)20-15(22)13-6-11(16(23)24)14-9-26-5-4-21(13)14/h6-8,12H,3-5,9H2,1-2H3,(H,20,22)(H,23,24)/t12-/m0/s1. The molecule has 1 atom stereocenters. The number of aromatic carboxylic acids is 1. The largest absolute Gasteiger partial charge is 0.478 e. The van der Waals surface area contributed by atoms with Gasteiger partial charge in [-0.1, -0.05) is 6.92 Å². The van der Waals surface area contributed by atoms with Gasteiger partial charge in [0.15, 0.2) is 0 Å². The number of ether oxygens (including phenoxy) is 2. The lowest BCUT2D eigenvalue weighted by molar-refractivity contribution is 0.0656. The van der Waals surface area contributed by atoms with E-state index in [1.165, 1.54) is 13.2 Å². The fourth-order valence-electron chi connectivity index (χ4n) is 2.96. The van der Waals surface area contributed by atoms with Gasteiger partial charge >= 0.3 is 12.0 Å².